The monoisotopic (exact) mass is 278 g/mol. The number of para-hydroxylation sites is 1. The lowest BCUT2D eigenvalue weighted by molar-refractivity contribution is -0.134. The van der Waals surface area contributed by atoms with Crippen molar-refractivity contribution in [2.45, 2.75) is 26.7 Å². The molecule has 0 aromatic heterocycles. The molecule has 1 amide bonds. The number of hydrogen-bond donors (Lipinski definition) is 1. The highest BCUT2D eigenvalue weighted by Gasteiger charge is 2.12. The minimum atomic E-state index is -0.600. The van der Waals surface area contributed by atoms with Gasteiger partial charge in [0.05, 0.1) is 5.56 Å². The molecule has 0 aliphatic rings. The van der Waals surface area contributed by atoms with Gasteiger partial charge in [-0.1, -0.05) is 26.0 Å². The van der Waals surface area contributed by atoms with Crippen molar-refractivity contribution in [1.82, 2.24) is 4.90 Å². The smallest absolute Gasteiger partial charge is 0.311 e. The second-order valence-electron chi connectivity index (χ2n) is 4.46. The molecule has 0 aliphatic carbocycles. The number of carbonyl (C=O) groups is 2. The van der Waals surface area contributed by atoms with Gasteiger partial charge in [0.15, 0.2) is 0 Å². The molecule has 110 valence electrons. The van der Waals surface area contributed by atoms with Crippen molar-refractivity contribution in [2.24, 2.45) is 5.73 Å². The molecule has 1 aromatic rings. The molecule has 0 aliphatic heterocycles. The van der Waals surface area contributed by atoms with Gasteiger partial charge in [-0.2, -0.15) is 0 Å². The Morgan fingerprint density at radius 3 is 2.45 bits per heavy atom. The van der Waals surface area contributed by atoms with Crippen LogP contribution in [0.4, 0.5) is 0 Å². The van der Waals surface area contributed by atoms with Crippen LogP contribution in [0.2, 0.25) is 0 Å². The summed E-state index contributed by atoms with van der Waals surface area (Å²) >= 11 is 0. The number of rotatable bonds is 8. The van der Waals surface area contributed by atoms with Crippen molar-refractivity contribution in [3.8, 4) is 5.75 Å². The van der Waals surface area contributed by atoms with E-state index in [1.54, 1.807) is 24.3 Å². The Labute approximate surface area is 119 Å². The lowest BCUT2D eigenvalue weighted by Crippen LogP contribution is -2.25. The van der Waals surface area contributed by atoms with Crippen molar-refractivity contribution in [3.63, 3.8) is 0 Å². The van der Waals surface area contributed by atoms with Crippen LogP contribution in [0.1, 0.15) is 37.0 Å². The van der Waals surface area contributed by atoms with Crippen molar-refractivity contribution < 1.29 is 14.3 Å². The number of nitrogens with two attached hydrogens (primary N) is 1. The van der Waals surface area contributed by atoms with E-state index in [1.807, 2.05) is 0 Å². The van der Waals surface area contributed by atoms with Gasteiger partial charge in [-0.25, -0.2) is 0 Å². The number of benzene rings is 1. The van der Waals surface area contributed by atoms with Crippen molar-refractivity contribution in [3.05, 3.63) is 29.8 Å². The fraction of sp³-hybridized carbons (Fsp3) is 0.467. The predicted molar refractivity (Wildman–Crippen MR) is 77.6 cm³/mol. The Hall–Kier alpha value is -1.88. The Bertz CT molecular complexity index is 456. The minimum Gasteiger partial charge on any atom is -0.426 e. The van der Waals surface area contributed by atoms with E-state index in [0.717, 1.165) is 26.1 Å². The van der Waals surface area contributed by atoms with Crippen molar-refractivity contribution in [1.29, 1.82) is 0 Å². The zero-order valence-corrected chi connectivity index (χ0v) is 12.1. The fourth-order valence-corrected chi connectivity index (χ4v) is 1.92. The molecule has 1 aromatic carbocycles. The van der Waals surface area contributed by atoms with Crippen LogP contribution in [0.15, 0.2) is 24.3 Å². The van der Waals surface area contributed by atoms with E-state index in [9.17, 15) is 9.59 Å². The largest absolute Gasteiger partial charge is 0.426 e. The standard InChI is InChI=1S/C15H22N2O3/c1-3-17(4-2)11-7-10-14(18)20-13-9-6-5-8-12(13)15(16)19/h5-6,8-9H,3-4,7,10-11H2,1-2H3,(H2,16,19). The van der Waals surface area contributed by atoms with E-state index < -0.39 is 5.91 Å². The second-order valence-corrected chi connectivity index (χ2v) is 4.46. The molecule has 5 nitrogen and oxygen atoms in total. The average Bonchev–Trinajstić information content (AvgIpc) is 2.44. The first-order valence-electron chi connectivity index (χ1n) is 6.90. The Morgan fingerprint density at radius 2 is 1.85 bits per heavy atom. The van der Waals surface area contributed by atoms with Crippen LogP contribution in [0.5, 0.6) is 5.75 Å². The average molecular weight is 278 g/mol. The molecule has 0 unspecified atom stereocenters. The molecular weight excluding hydrogens is 256 g/mol. The van der Waals surface area contributed by atoms with Crippen LogP contribution in [0.25, 0.3) is 0 Å². The summed E-state index contributed by atoms with van der Waals surface area (Å²) in [7, 11) is 0. The lowest BCUT2D eigenvalue weighted by atomic mass is 10.2. The van der Waals surface area contributed by atoms with Crippen LogP contribution in [-0.4, -0.2) is 36.4 Å². The summed E-state index contributed by atoms with van der Waals surface area (Å²) in [6, 6.07) is 6.49. The van der Waals surface area contributed by atoms with Gasteiger partial charge in [0.25, 0.3) is 5.91 Å². The third kappa shape index (κ3) is 5.01. The predicted octanol–water partition coefficient (Wildman–Crippen LogP) is 1.81. The van der Waals surface area contributed by atoms with Gasteiger partial charge >= 0.3 is 5.97 Å². The van der Waals surface area contributed by atoms with Crippen LogP contribution in [-0.2, 0) is 4.79 Å². The molecule has 0 radical (unpaired) electrons. The quantitative estimate of drug-likeness (QED) is 0.581. The van der Waals surface area contributed by atoms with Crippen molar-refractivity contribution in [2.75, 3.05) is 19.6 Å². The summed E-state index contributed by atoms with van der Waals surface area (Å²) in [5.74, 6) is -0.713. The molecular formula is C15H22N2O3. The summed E-state index contributed by atoms with van der Waals surface area (Å²) in [5, 5.41) is 0. The van der Waals surface area contributed by atoms with E-state index in [1.165, 1.54) is 0 Å². The maximum atomic E-state index is 11.8. The van der Waals surface area contributed by atoms with Gasteiger partial charge < -0.3 is 15.4 Å². The third-order valence-electron chi connectivity index (χ3n) is 3.13. The molecule has 2 N–H and O–H groups in total. The first-order valence-corrected chi connectivity index (χ1v) is 6.90. The first-order chi connectivity index (χ1) is 9.58. The molecule has 0 bridgehead atoms. The normalized spacial score (nSPS) is 10.6. The van der Waals surface area contributed by atoms with E-state index in [2.05, 4.69) is 18.7 Å². The minimum absolute atomic E-state index is 0.226. The third-order valence-corrected chi connectivity index (χ3v) is 3.13. The fourth-order valence-electron chi connectivity index (χ4n) is 1.92. The van der Waals surface area contributed by atoms with Gasteiger partial charge in [0.1, 0.15) is 5.75 Å². The summed E-state index contributed by atoms with van der Waals surface area (Å²) in [6.45, 7) is 6.97. The van der Waals surface area contributed by atoms with Gasteiger partial charge in [0.2, 0.25) is 0 Å². The maximum absolute atomic E-state index is 11.8. The van der Waals surface area contributed by atoms with Crippen LogP contribution >= 0.6 is 0 Å². The summed E-state index contributed by atoms with van der Waals surface area (Å²) < 4.78 is 5.20. The molecule has 0 atom stereocenters. The molecule has 0 saturated heterocycles. The molecule has 0 saturated carbocycles. The van der Waals surface area contributed by atoms with Gasteiger partial charge in [-0.3, -0.25) is 9.59 Å². The SMILES string of the molecule is CCN(CC)CCCC(=O)Oc1ccccc1C(N)=O. The maximum Gasteiger partial charge on any atom is 0.311 e. The molecule has 0 fully saturated rings. The molecule has 0 spiro atoms. The number of primary amides is 1. The first kappa shape index (κ1) is 16.2. The highest BCUT2D eigenvalue weighted by molar-refractivity contribution is 5.96. The number of amides is 1. The van der Waals surface area contributed by atoms with Crippen LogP contribution in [0, 0.1) is 0 Å². The molecule has 20 heavy (non-hydrogen) atoms. The van der Waals surface area contributed by atoms with Crippen LogP contribution < -0.4 is 10.5 Å². The Morgan fingerprint density at radius 1 is 1.20 bits per heavy atom. The van der Waals surface area contributed by atoms with Crippen LogP contribution in [0.3, 0.4) is 0 Å². The zero-order valence-electron chi connectivity index (χ0n) is 12.1. The number of esters is 1. The van der Waals surface area contributed by atoms with E-state index in [0.29, 0.717) is 6.42 Å². The molecule has 5 heteroatoms. The topological polar surface area (TPSA) is 72.6 Å². The summed E-state index contributed by atoms with van der Waals surface area (Å²) in [5.41, 5.74) is 5.46. The summed E-state index contributed by atoms with van der Waals surface area (Å²) in [4.78, 5) is 25.2. The molecule has 1 rings (SSSR count). The van der Waals surface area contributed by atoms with Gasteiger partial charge in [-0.15, -0.1) is 0 Å². The lowest BCUT2D eigenvalue weighted by Gasteiger charge is -2.17. The van der Waals surface area contributed by atoms with E-state index >= 15 is 0 Å². The highest BCUT2D eigenvalue weighted by atomic mass is 16.5. The highest BCUT2D eigenvalue weighted by Crippen LogP contribution is 2.17. The number of carbonyl (C=O) groups excluding carboxylic acids is 2. The number of hydrogen-bond acceptors (Lipinski definition) is 4. The molecule has 0 heterocycles. The Balaban J connectivity index is 2.49. The second kappa shape index (κ2) is 8.32. The van der Waals surface area contributed by atoms with Gasteiger partial charge in [0, 0.05) is 6.42 Å². The Kier molecular flexibility index (Phi) is 6.73. The summed E-state index contributed by atoms with van der Waals surface area (Å²) in [6.07, 6.45) is 1.06. The number of ether oxygens (including phenoxy) is 1. The van der Waals surface area contributed by atoms with E-state index in [4.69, 9.17) is 10.5 Å². The van der Waals surface area contributed by atoms with Crippen molar-refractivity contribution >= 4 is 11.9 Å². The van der Waals surface area contributed by atoms with E-state index in [-0.39, 0.29) is 17.3 Å². The zero-order chi connectivity index (χ0) is 15.0. The van der Waals surface area contributed by atoms with Gasteiger partial charge in [-0.05, 0) is 38.2 Å². The number of nitrogens with zero attached hydrogens (tertiary/aromatic N) is 1.